The Bertz CT molecular complexity index is 481. The van der Waals surface area contributed by atoms with Gasteiger partial charge in [-0.15, -0.1) is 11.8 Å². The zero-order chi connectivity index (χ0) is 15.8. The lowest BCUT2D eigenvalue weighted by molar-refractivity contribution is 0.188. The molecule has 4 nitrogen and oxygen atoms in total. The molecule has 22 heavy (non-hydrogen) atoms. The number of nitrogens with zero attached hydrogens (tertiary/aromatic N) is 2. The van der Waals surface area contributed by atoms with Gasteiger partial charge in [0.2, 0.25) is 0 Å². The standard InChI is InChI=1S/C16H24FN3OS/c1-2-18-16(20-10-8-14(21)12-20)19-9-3-11-22-15-6-4-13(17)5-7-15/h4-7,14,21H,2-3,8-12H2,1H3,(H,18,19)/t14-/m1/s1. The largest absolute Gasteiger partial charge is 0.391 e. The Hall–Kier alpha value is -1.27. The molecule has 1 aliphatic rings. The van der Waals surface area contributed by atoms with Crippen molar-refractivity contribution in [1.29, 1.82) is 0 Å². The molecule has 0 amide bonds. The van der Waals surface area contributed by atoms with Gasteiger partial charge in [-0.1, -0.05) is 0 Å². The first-order valence-electron chi connectivity index (χ1n) is 7.78. The average molecular weight is 325 g/mol. The van der Waals surface area contributed by atoms with Gasteiger partial charge in [-0.05, 0) is 49.8 Å². The summed E-state index contributed by atoms with van der Waals surface area (Å²) in [4.78, 5) is 7.82. The fraction of sp³-hybridized carbons (Fsp3) is 0.562. The molecule has 0 spiro atoms. The summed E-state index contributed by atoms with van der Waals surface area (Å²) in [5.41, 5.74) is 0. The predicted molar refractivity (Wildman–Crippen MR) is 89.9 cm³/mol. The van der Waals surface area contributed by atoms with Crippen molar-refractivity contribution in [3.8, 4) is 0 Å². The number of thioether (sulfide) groups is 1. The summed E-state index contributed by atoms with van der Waals surface area (Å²) in [5.74, 6) is 1.65. The van der Waals surface area contributed by atoms with E-state index in [-0.39, 0.29) is 11.9 Å². The third-order valence-electron chi connectivity index (χ3n) is 3.44. The lowest BCUT2D eigenvalue weighted by atomic mass is 10.3. The van der Waals surface area contributed by atoms with Crippen molar-refractivity contribution >= 4 is 17.7 Å². The van der Waals surface area contributed by atoms with E-state index in [1.807, 2.05) is 6.92 Å². The minimum atomic E-state index is -0.238. The number of likely N-dealkylation sites (tertiary alicyclic amines) is 1. The summed E-state index contributed by atoms with van der Waals surface area (Å²) >= 11 is 1.72. The molecule has 1 heterocycles. The third kappa shape index (κ3) is 5.50. The minimum Gasteiger partial charge on any atom is -0.391 e. The van der Waals surface area contributed by atoms with Crippen LogP contribution in [0.2, 0.25) is 0 Å². The molecule has 1 atom stereocenters. The number of hydrogen-bond acceptors (Lipinski definition) is 3. The van der Waals surface area contributed by atoms with Gasteiger partial charge in [0.25, 0.3) is 0 Å². The number of guanidine groups is 1. The molecule has 2 N–H and O–H groups in total. The fourth-order valence-electron chi connectivity index (χ4n) is 2.33. The Balaban J connectivity index is 1.73. The monoisotopic (exact) mass is 325 g/mol. The Kier molecular flexibility index (Phi) is 6.99. The van der Waals surface area contributed by atoms with Crippen molar-refractivity contribution in [1.82, 2.24) is 10.2 Å². The summed E-state index contributed by atoms with van der Waals surface area (Å²) < 4.78 is 12.8. The Morgan fingerprint density at radius 3 is 2.86 bits per heavy atom. The minimum absolute atomic E-state index is 0.197. The van der Waals surface area contributed by atoms with Gasteiger partial charge in [0.15, 0.2) is 5.96 Å². The summed E-state index contributed by atoms with van der Waals surface area (Å²) in [7, 11) is 0. The van der Waals surface area contributed by atoms with Crippen LogP contribution in [-0.4, -0.2) is 54.0 Å². The molecule has 0 aromatic heterocycles. The van der Waals surface area contributed by atoms with Crippen LogP contribution in [0.15, 0.2) is 34.2 Å². The molecular weight excluding hydrogens is 301 g/mol. The molecular formula is C16H24FN3OS. The lowest BCUT2D eigenvalue weighted by Gasteiger charge is -2.20. The summed E-state index contributed by atoms with van der Waals surface area (Å²) in [6, 6.07) is 6.59. The van der Waals surface area contributed by atoms with E-state index in [9.17, 15) is 9.50 Å². The molecule has 0 saturated carbocycles. The number of halogens is 1. The molecule has 122 valence electrons. The van der Waals surface area contributed by atoms with Gasteiger partial charge in [-0.2, -0.15) is 0 Å². The van der Waals surface area contributed by atoms with Crippen LogP contribution in [0.5, 0.6) is 0 Å². The van der Waals surface area contributed by atoms with E-state index in [2.05, 4.69) is 15.2 Å². The van der Waals surface area contributed by atoms with E-state index < -0.39 is 0 Å². The topological polar surface area (TPSA) is 47.9 Å². The first kappa shape index (κ1) is 17.1. The number of β-amino-alcohol motifs (C(OH)–C–C–N with tert-alkyl or cyclic N) is 1. The van der Waals surface area contributed by atoms with Crippen molar-refractivity contribution < 1.29 is 9.50 Å². The van der Waals surface area contributed by atoms with Gasteiger partial charge in [0.05, 0.1) is 6.10 Å². The maximum atomic E-state index is 12.8. The molecule has 0 unspecified atom stereocenters. The van der Waals surface area contributed by atoms with Crippen LogP contribution < -0.4 is 5.32 Å². The van der Waals surface area contributed by atoms with Crippen molar-refractivity contribution in [3.63, 3.8) is 0 Å². The van der Waals surface area contributed by atoms with E-state index in [1.165, 1.54) is 12.1 Å². The maximum absolute atomic E-state index is 12.8. The second kappa shape index (κ2) is 9.00. The maximum Gasteiger partial charge on any atom is 0.194 e. The van der Waals surface area contributed by atoms with E-state index in [0.29, 0.717) is 6.54 Å². The molecule has 1 aliphatic heterocycles. The number of hydrogen-bond donors (Lipinski definition) is 2. The fourth-order valence-corrected chi connectivity index (χ4v) is 3.17. The van der Waals surface area contributed by atoms with E-state index >= 15 is 0 Å². The highest BCUT2D eigenvalue weighted by atomic mass is 32.2. The predicted octanol–water partition coefficient (Wildman–Crippen LogP) is 2.34. The smallest absolute Gasteiger partial charge is 0.194 e. The zero-order valence-corrected chi connectivity index (χ0v) is 13.8. The van der Waals surface area contributed by atoms with E-state index in [1.54, 1.807) is 23.9 Å². The van der Waals surface area contributed by atoms with Crippen molar-refractivity contribution in [2.75, 3.05) is 31.9 Å². The summed E-state index contributed by atoms with van der Waals surface area (Å²) in [5, 5.41) is 12.9. The highest BCUT2D eigenvalue weighted by Crippen LogP contribution is 2.18. The molecule has 0 radical (unpaired) electrons. The summed E-state index contributed by atoms with van der Waals surface area (Å²) in [6.45, 7) is 5.15. The lowest BCUT2D eigenvalue weighted by Crippen LogP contribution is -2.40. The third-order valence-corrected chi connectivity index (χ3v) is 4.54. The Morgan fingerprint density at radius 2 is 2.23 bits per heavy atom. The molecule has 0 aliphatic carbocycles. The van der Waals surface area contributed by atoms with Crippen LogP contribution in [0.3, 0.4) is 0 Å². The highest BCUT2D eigenvalue weighted by molar-refractivity contribution is 7.99. The van der Waals surface area contributed by atoms with Crippen LogP contribution >= 0.6 is 11.8 Å². The zero-order valence-electron chi connectivity index (χ0n) is 13.0. The van der Waals surface area contributed by atoms with Gasteiger partial charge < -0.3 is 15.3 Å². The van der Waals surface area contributed by atoms with Gasteiger partial charge in [-0.25, -0.2) is 4.39 Å². The van der Waals surface area contributed by atoms with Gasteiger partial charge in [0, 0.05) is 31.1 Å². The number of aliphatic hydroxyl groups is 1. The van der Waals surface area contributed by atoms with E-state index in [4.69, 9.17) is 0 Å². The molecule has 1 saturated heterocycles. The van der Waals surface area contributed by atoms with Gasteiger partial charge in [0.1, 0.15) is 5.82 Å². The van der Waals surface area contributed by atoms with Crippen LogP contribution in [0.1, 0.15) is 19.8 Å². The van der Waals surface area contributed by atoms with Crippen LogP contribution in [-0.2, 0) is 0 Å². The average Bonchev–Trinajstić information content (AvgIpc) is 2.94. The normalized spacial score (nSPS) is 18.8. The Morgan fingerprint density at radius 1 is 1.45 bits per heavy atom. The number of aliphatic hydroxyl groups excluding tert-OH is 1. The van der Waals surface area contributed by atoms with Crippen LogP contribution in [0.25, 0.3) is 0 Å². The SMILES string of the molecule is CCNC(=NCCCSc1ccc(F)cc1)N1CC[C@@H](O)C1. The van der Waals surface area contributed by atoms with Crippen molar-refractivity contribution in [2.24, 2.45) is 4.99 Å². The number of aliphatic imine (C=N–C) groups is 1. The number of nitrogens with one attached hydrogen (secondary N) is 1. The second-order valence-corrected chi connectivity index (χ2v) is 6.45. The molecule has 1 fully saturated rings. The molecule has 1 aromatic carbocycles. The van der Waals surface area contributed by atoms with Crippen molar-refractivity contribution in [3.05, 3.63) is 30.1 Å². The Labute approximate surface area is 135 Å². The summed E-state index contributed by atoms with van der Waals surface area (Å²) in [6.07, 6.45) is 1.54. The van der Waals surface area contributed by atoms with Gasteiger partial charge >= 0.3 is 0 Å². The first-order valence-corrected chi connectivity index (χ1v) is 8.77. The second-order valence-electron chi connectivity index (χ2n) is 5.28. The van der Waals surface area contributed by atoms with Crippen LogP contribution in [0, 0.1) is 5.82 Å². The molecule has 6 heteroatoms. The van der Waals surface area contributed by atoms with Crippen molar-refractivity contribution in [2.45, 2.75) is 30.8 Å². The number of rotatable bonds is 6. The quantitative estimate of drug-likeness (QED) is 0.365. The highest BCUT2D eigenvalue weighted by Gasteiger charge is 2.22. The van der Waals surface area contributed by atoms with Gasteiger partial charge in [-0.3, -0.25) is 4.99 Å². The molecule has 1 aromatic rings. The number of benzene rings is 1. The van der Waals surface area contributed by atoms with Crippen LogP contribution in [0.4, 0.5) is 4.39 Å². The molecule has 2 rings (SSSR count). The molecule has 0 bridgehead atoms. The first-order chi connectivity index (χ1) is 10.7. The van der Waals surface area contributed by atoms with E-state index in [0.717, 1.165) is 49.1 Å².